The van der Waals surface area contributed by atoms with Crippen LogP contribution in [0.1, 0.15) is 37.9 Å². The average Bonchev–Trinajstić information content (AvgIpc) is 3.10. The lowest BCUT2D eigenvalue weighted by Gasteiger charge is -2.24. The predicted molar refractivity (Wildman–Crippen MR) is 134 cm³/mol. The van der Waals surface area contributed by atoms with Crippen molar-refractivity contribution in [1.82, 2.24) is 4.57 Å². The van der Waals surface area contributed by atoms with Crippen LogP contribution in [0, 0.1) is 0 Å². The van der Waals surface area contributed by atoms with Gasteiger partial charge in [0.2, 0.25) is 0 Å². The van der Waals surface area contributed by atoms with Gasteiger partial charge in [-0.2, -0.15) is 0 Å². The number of halogens is 1. The lowest BCUT2D eigenvalue weighted by Crippen LogP contribution is -2.39. The molecule has 0 radical (unpaired) electrons. The molecule has 1 aliphatic heterocycles. The van der Waals surface area contributed by atoms with E-state index in [1.54, 1.807) is 42.7 Å². The van der Waals surface area contributed by atoms with Gasteiger partial charge < -0.3 is 14.6 Å². The number of esters is 1. The number of aromatic nitrogens is 1. The number of rotatable bonds is 6. The number of aromatic hydroxyl groups is 1. The number of fused-ring (bicyclic) bond motifs is 1. The molecule has 34 heavy (non-hydrogen) atoms. The average molecular weight is 543 g/mol. The van der Waals surface area contributed by atoms with Crippen molar-refractivity contribution >= 4 is 39.3 Å². The first-order valence-corrected chi connectivity index (χ1v) is 12.4. The van der Waals surface area contributed by atoms with Gasteiger partial charge in [0.05, 0.1) is 39.5 Å². The van der Waals surface area contributed by atoms with E-state index in [0.717, 1.165) is 11.1 Å². The molecule has 7 nitrogen and oxygen atoms in total. The molecule has 0 saturated carbocycles. The minimum atomic E-state index is -0.681. The number of ether oxygens (including phenoxy) is 2. The highest BCUT2D eigenvalue weighted by atomic mass is 79.9. The highest BCUT2D eigenvalue weighted by Crippen LogP contribution is 2.31. The standard InChI is InChI=1S/C25H23BrN2O5S/c1-4-32-17-9-7-16(8-10-17)22-21(24(31)33-5-2)14(3)27-25-28(22)23(30)20(34-25)13-15-6-11-19(29)18(26)12-15/h6-13,22,29H,4-5H2,1-3H3/b20-13-/t22-/m1/s1. The Kier molecular flexibility index (Phi) is 7.04. The molecular weight excluding hydrogens is 520 g/mol. The SMILES string of the molecule is CCOC(=O)C1=C(C)N=c2s/c(=C\c3ccc(O)c(Br)c3)c(=O)n2[C@@H]1c1ccc(OCC)cc1. The Morgan fingerprint density at radius 1 is 1.21 bits per heavy atom. The molecule has 3 aromatic rings. The minimum Gasteiger partial charge on any atom is -0.507 e. The fourth-order valence-electron chi connectivity index (χ4n) is 3.78. The second kappa shape index (κ2) is 9.99. The van der Waals surface area contributed by atoms with Crippen LogP contribution in [0.5, 0.6) is 11.5 Å². The lowest BCUT2D eigenvalue weighted by molar-refractivity contribution is -0.139. The van der Waals surface area contributed by atoms with E-state index in [0.29, 0.717) is 37.4 Å². The van der Waals surface area contributed by atoms with Gasteiger partial charge in [-0.25, -0.2) is 9.79 Å². The van der Waals surface area contributed by atoms with Crippen molar-refractivity contribution in [1.29, 1.82) is 0 Å². The first-order chi connectivity index (χ1) is 16.3. The molecule has 1 N–H and O–H groups in total. The monoisotopic (exact) mass is 542 g/mol. The molecule has 0 saturated heterocycles. The molecule has 0 spiro atoms. The number of hydrogen-bond acceptors (Lipinski definition) is 7. The van der Waals surface area contributed by atoms with E-state index in [1.165, 1.54) is 11.3 Å². The Hall–Kier alpha value is -3.17. The number of carbonyl (C=O) groups excluding carboxylic acids is 1. The van der Waals surface area contributed by atoms with Gasteiger partial charge in [-0.3, -0.25) is 9.36 Å². The van der Waals surface area contributed by atoms with Gasteiger partial charge in [-0.1, -0.05) is 29.5 Å². The summed E-state index contributed by atoms with van der Waals surface area (Å²) < 4.78 is 13.4. The maximum Gasteiger partial charge on any atom is 0.338 e. The first-order valence-electron chi connectivity index (χ1n) is 10.7. The third-order valence-corrected chi connectivity index (χ3v) is 6.91. The molecule has 176 valence electrons. The molecule has 0 bridgehead atoms. The molecule has 0 fully saturated rings. The zero-order valence-electron chi connectivity index (χ0n) is 18.9. The van der Waals surface area contributed by atoms with Crippen molar-refractivity contribution in [3.05, 3.63) is 89.0 Å². The van der Waals surface area contributed by atoms with E-state index in [1.807, 2.05) is 31.2 Å². The van der Waals surface area contributed by atoms with E-state index in [-0.39, 0.29) is 17.9 Å². The quantitative estimate of drug-likeness (QED) is 0.480. The van der Waals surface area contributed by atoms with E-state index in [9.17, 15) is 14.7 Å². The van der Waals surface area contributed by atoms with Crippen LogP contribution in [0.25, 0.3) is 6.08 Å². The predicted octanol–water partition coefficient (Wildman–Crippen LogP) is 3.67. The number of carbonyl (C=O) groups is 1. The van der Waals surface area contributed by atoms with Gasteiger partial charge >= 0.3 is 5.97 Å². The molecule has 1 aromatic heterocycles. The normalized spacial score (nSPS) is 15.6. The molecule has 1 atom stereocenters. The van der Waals surface area contributed by atoms with Gasteiger partial charge in [-0.15, -0.1) is 0 Å². The van der Waals surface area contributed by atoms with Gasteiger partial charge in [0, 0.05) is 0 Å². The van der Waals surface area contributed by atoms with Crippen LogP contribution in [0.3, 0.4) is 0 Å². The fourth-order valence-corrected chi connectivity index (χ4v) is 5.23. The zero-order chi connectivity index (χ0) is 24.4. The summed E-state index contributed by atoms with van der Waals surface area (Å²) in [6.45, 7) is 6.15. The van der Waals surface area contributed by atoms with Crippen LogP contribution in [0.2, 0.25) is 0 Å². The summed E-state index contributed by atoms with van der Waals surface area (Å²) in [5.74, 6) is 0.318. The third-order valence-electron chi connectivity index (χ3n) is 5.29. The van der Waals surface area contributed by atoms with Crippen LogP contribution in [0.15, 0.2) is 68.0 Å². The zero-order valence-corrected chi connectivity index (χ0v) is 21.3. The number of phenolic OH excluding ortho intramolecular Hbond substituents is 1. The number of phenols is 1. The third kappa shape index (κ3) is 4.58. The molecule has 2 heterocycles. The fraction of sp³-hybridized carbons (Fsp3) is 0.240. The first kappa shape index (κ1) is 24.0. The van der Waals surface area contributed by atoms with E-state index in [4.69, 9.17) is 9.47 Å². The highest BCUT2D eigenvalue weighted by molar-refractivity contribution is 9.10. The van der Waals surface area contributed by atoms with Crippen LogP contribution in [-0.2, 0) is 9.53 Å². The van der Waals surface area contributed by atoms with E-state index >= 15 is 0 Å². The van der Waals surface area contributed by atoms with Crippen molar-refractivity contribution in [3.8, 4) is 11.5 Å². The van der Waals surface area contributed by atoms with E-state index in [2.05, 4.69) is 20.9 Å². The molecule has 9 heteroatoms. The maximum atomic E-state index is 13.6. The summed E-state index contributed by atoms with van der Waals surface area (Å²) in [4.78, 5) is 31.6. The summed E-state index contributed by atoms with van der Waals surface area (Å²) in [5.41, 5.74) is 2.07. The van der Waals surface area contributed by atoms with Gasteiger partial charge in [0.1, 0.15) is 11.5 Å². The minimum absolute atomic E-state index is 0.115. The summed E-state index contributed by atoms with van der Waals surface area (Å²) >= 11 is 4.55. The molecular formula is C25H23BrN2O5S. The summed E-state index contributed by atoms with van der Waals surface area (Å²) in [6.07, 6.45) is 1.74. The Balaban J connectivity index is 1.91. The van der Waals surface area contributed by atoms with Crippen LogP contribution in [-0.4, -0.2) is 28.9 Å². The molecule has 1 aliphatic rings. The number of nitrogens with zero attached hydrogens (tertiary/aromatic N) is 2. The second-order valence-corrected chi connectivity index (χ2v) is 9.38. The van der Waals surface area contributed by atoms with Gasteiger partial charge in [-0.05, 0) is 78.2 Å². The lowest BCUT2D eigenvalue weighted by atomic mass is 9.96. The molecule has 2 aromatic carbocycles. The molecule has 0 unspecified atom stereocenters. The van der Waals surface area contributed by atoms with Crippen molar-refractivity contribution in [2.45, 2.75) is 26.8 Å². The van der Waals surface area contributed by atoms with Gasteiger partial charge in [0.15, 0.2) is 4.80 Å². The van der Waals surface area contributed by atoms with Crippen molar-refractivity contribution in [2.24, 2.45) is 4.99 Å². The van der Waals surface area contributed by atoms with Crippen molar-refractivity contribution in [3.63, 3.8) is 0 Å². The number of thiazole rings is 1. The number of benzene rings is 2. The topological polar surface area (TPSA) is 90.1 Å². The smallest absolute Gasteiger partial charge is 0.338 e. The maximum absolute atomic E-state index is 13.6. The van der Waals surface area contributed by atoms with Crippen molar-refractivity contribution in [2.75, 3.05) is 13.2 Å². The molecule has 0 aliphatic carbocycles. The molecule has 4 rings (SSSR count). The van der Waals surface area contributed by atoms with E-state index < -0.39 is 12.0 Å². The number of allylic oxidation sites excluding steroid dienone is 1. The van der Waals surface area contributed by atoms with Crippen LogP contribution < -0.4 is 19.6 Å². The summed E-state index contributed by atoms with van der Waals surface area (Å²) in [6, 6.07) is 11.7. The number of hydrogen-bond donors (Lipinski definition) is 1. The summed E-state index contributed by atoms with van der Waals surface area (Å²) in [7, 11) is 0. The second-order valence-electron chi connectivity index (χ2n) is 7.52. The largest absolute Gasteiger partial charge is 0.507 e. The van der Waals surface area contributed by atoms with Gasteiger partial charge in [0.25, 0.3) is 5.56 Å². The Bertz CT molecular complexity index is 1450. The molecule has 0 amide bonds. The Labute approximate surface area is 208 Å². The van der Waals surface area contributed by atoms with Crippen LogP contribution >= 0.6 is 27.3 Å². The Morgan fingerprint density at radius 3 is 2.59 bits per heavy atom. The Morgan fingerprint density at radius 2 is 1.94 bits per heavy atom. The summed E-state index contributed by atoms with van der Waals surface area (Å²) in [5, 5.41) is 9.77. The van der Waals surface area contributed by atoms with Crippen LogP contribution in [0.4, 0.5) is 0 Å². The highest BCUT2D eigenvalue weighted by Gasteiger charge is 2.33. The van der Waals surface area contributed by atoms with Crippen molar-refractivity contribution < 1.29 is 19.4 Å².